The van der Waals surface area contributed by atoms with Crippen molar-refractivity contribution < 1.29 is 4.39 Å². The van der Waals surface area contributed by atoms with Crippen LogP contribution in [0.2, 0.25) is 0 Å². The SMILES string of the molecule is CCc1cccc2ccc(F)c(C)c12. The lowest BCUT2D eigenvalue weighted by Gasteiger charge is -2.07. The molecule has 0 atom stereocenters. The summed E-state index contributed by atoms with van der Waals surface area (Å²) < 4.78 is 13.4. The molecule has 14 heavy (non-hydrogen) atoms. The highest BCUT2D eigenvalue weighted by atomic mass is 19.1. The maximum absolute atomic E-state index is 13.4. The van der Waals surface area contributed by atoms with E-state index in [1.165, 1.54) is 11.6 Å². The molecule has 2 rings (SSSR count). The topological polar surface area (TPSA) is 0 Å². The summed E-state index contributed by atoms with van der Waals surface area (Å²) >= 11 is 0. The molecule has 0 saturated heterocycles. The summed E-state index contributed by atoms with van der Waals surface area (Å²) in [6.07, 6.45) is 0.946. The van der Waals surface area contributed by atoms with Gasteiger partial charge in [0.15, 0.2) is 0 Å². The third-order valence-electron chi connectivity index (χ3n) is 2.71. The number of benzene rings is 2. The van der Waals surface area contributed by atoms with Crippen LogP contribution < -0.4 is 0 Å². The molecule has 0 bridgehead atoms. The van der Waals surface area contributed by atoms with Gasteiger partial charge in [-0.3, -0.25) is 0 Å². The molecule has 0 saturated carbocycles. The van der Waals surface area contributed by atoms with Crippen molar-refractivity contribution in [2.75, 3.05) is 0 Å². The Morgan fingerprint density at radius 1 is 1.14 bits per heavy atom. The molecule has 2 aromatic rings. The van der Waals surface area contributed by atoms with Gasteiger partial charge in [0.05, 0.1) is 0 Å². The van der Waals surface area contributed by atoms with E-state index in [1.807, 2.05) is 25.1 Å². The molecule has 0 aliphatic heterocycles. The van der Waals surface area contributed by atoms with Crippen LogP contribution in [0.3, 0.4) is 0 Å². The molecule has 0 aliphatic carbocycles. The zero-order valence-electron chi connectivity index (χ0n) is 8.47. The molecule has 0 N–H and O–H groups in total. The van der Waals surface area contributed by atoms with Crippen LogP contribution in [-0.4, -0.2) is 0 Å². The largest absolute Gasteiger partial charge is 0.207 e. The summed E-state index contributed by atoms with van der Waals surface area (Å²) in [7, 11) is 0. The molecule has 0 amide bonds. The second kappa shape index (κ2) is 3.41. The Bertz CT molecular complexity index is 472. The first kappa shape index (κ1) is 9.20. The van der Waals surface area contributed by atoms with Gasteiger partial charge in [0.2, 0.25) is 0 Å². The third-order valence-corrected chi connectivity index (χ3v) is 2.71. The first-order valence-corrected chi connectivity index (χ1v) is 4.90. The van der Waals surface area contributed by atoms with Gasteiger partial charge in [0.25, 0.3) is 0 Å². The van der Waals surface area contributed by atoms with Gasteiger partial charge in [-0.15, -0.1) is 0 Å². The smallest absolute Gasteiger partial charge is 0.126 e. The fourth-order valence-corrected chi connectivity index (χ4v) is 1.92. The molecule has 0 radical (unpaired) electrons. The van der Waals surface area contributed by atoms with Gasteiger partial charge in [-0.05, 0) is 41.3 Å². The molecule has 0 nitrogen and oxygen atoms in total. The van der Waals surface area contributed by atoms with Crippen molar-refractivity contribution in [3.8, 4) is 0 Å². The van der Waals surface area contributed by atoms with Crippen molar-refractivity contribution in [2.24, 2.45) is 0 Å². The summed E-state index contributed by atoms with van der Waals surface area (Å²) in [5.41, 5.74) is 1.99. The van der Waals surface area contributed by atoms with E-state index in [4.69, 9.17) is 0 Å². The standard InChI is InChI=1S/C13H13F/c1-3-10-5-4-6-11-7-8-12(14)9(2)13(10)11/h4-8H,3H2,1-2H3. The average molecular weight is 188 g/mol. The fraction of sp³-hybridized carbons (Fsp3) is 0.231. The highest BCUT2D eigenvalue weighted by molar-refractivity contribution is 5.88. The second-order valence-electron chi connectivity index (χ2n) is 3.54. The first-order valence-electron chi connectivity index (χ1n) is 4.90. The van der Waals surface area contributed by atoms with Crippen LogP contribution in [-0.2, 0) is 6.42 Å². The number of aryl methyl sites for hydroxylation is 2. The Morgan fingerprint density at radius 3 is 2.64 bits per heavy atom. The minimum atomic E-state index is -0.113. The van der Waals surface area contributed by atoms with Gasteiger partial charge < -0.3 is 0 Å². The Labute approximate surface area is 83.4 Å². The van der Waals surface area contributed by atoms with E-state index in [0.717, 1.165) is 22.8 Å². The summed E-state index contributed by atoms with van der Waals surface area (Å²) in [4.78, 5) is 0. The van der Waals surface area contributed by atoms with Crippen LogP contribution in [0.25, 0.3) is 10.8 Å². The lowest BCUT2D eigenvalue weighted by molar-refractivity contribution is 0.621. The molecule has 0 unspecified atom stereocenters. The Balaban J connectivity index is 2.89. The zero-order chi connectivity index (χ0) is 10.1. The second-order valence-corrected chi connectivity index (χ2v) is 3.54. The van der Waals surface area contributed by atoms with Gasteiger partial charge in [0, 0.05) is 0 Å². The summed E-state index contributed by atoms with van der Waals surface area (Å²) in [6, 6.07) is 9.50. The highest BCUT2D eigenvalue weighted by Gasteiger charge is 2.05. The quantitative estimate of drug-likeness (QED) is 0.637. The maximum atomic E-state index is 13.4. The van der Waals surface area contributed by atoms with E-state index >= 15 is 0 Å². The van der Waals surface area contributed by atoms with Crippen LogP contribution >= 0.6 is 0 Å². The minimum Gasteiger partial charge on any atom is -0.207 e. The van der Waals surface area contributed by atoms with Gasteiger partial charge in [-0.1, -0.05) is 31.2 Å². The third kappa shape index (κ3) is 1.29. The lowest BCUT2D eigenvalue weighted by atomic mass is 9.98. The molecule has 0 aliphatic rings. The lowest BCUT2D eigenvalue weighted by Crippen LogP contribution is -1.90. The highest BCUT2D eigenvalue weighted by Crippen LogP contribution is 2.24. The van der Waals surface area contributed by atoms with Crippen molar-refractivity contribution in [3.63, 3.8) is 0 Å². The van der Waals surface area contributed by atoms with Crippen LogP contribution in [0.4, 0.5) is 4.39 Å². The summed E-state index contributed by atoms with van der Waals surface area (Å²) in [5, 5.41) is 2.21. The predicted octanol–water partition coefficient (Wildman–Crippen LogP) is 3.85. The van der Waals surface area contributed by atoms with E-state index in [0.29, 0.717) is 0 Å². The molecular weight excluding hydrogens is 175 g/mol. The number of rotatable bonds is 1. The van der Waals surface area contributed by atoms with Gasteiger partial charge in [-0.25, -0.2) is 4.39 Å². The fourth-order valence-electron chi connectivity index (χ4n) is 1.92. The molecule has 0 spiro atoms. The van der Waals surface area contributed by atoms with Crippen LogP contribution in [0, 0.1) is 12.7 Å². The van der Waals surface area contributed by atoms with Crippen LogP contribution in [0.5, 0.6) is 0 Å². The summed E-state index contributed by atoms with van der Waals surface area (Å²) in [6.45, 7) is 3.94. The first-order chi connectivity index (χ1) is 6.74. The predicted molar refractivity (Wildman–Crippen MR) is 58.0 cm³/mol. The van der Waals surface area contributed by atoms with E-state index < -0.39 is 0 Å². The molecule has 2 aromatic carbocycles. The minimum absolute atomic E-state index is 0.113. The van der Waals surface area contributed by atoms with Gasteiger partial charge in [-0.2, -0.15) is 0 Å². The zero-order valence-corrected chi connectivity index (χ0v) is 8.47. The average Bonchev–Trinajstić information content (AvgIpc) is 2.23. The van der Waals surface area contributed by atoms with Gasteiger partial charge >= 0.3 is 0 Å². The Kier molecular flexibility index (Phi) is 2.24. The number of halogens is 1. The number of hydrogen-bond acceptors (Lipinski definition) is 0. The molecule has 72 valence electrons. The van der Waals surface area contributed by atoms with Crippen molar-refractivity contribution >= 4 is 10.8 Å². The molecule has 0 fully saturated rings. The molecule has 0 aromatic heterocycles. The number of hydrogen-bond donors (Lipinski definition) is 0. The molecule has 1 heteroatoms. The molecular formula is C13H13F. The monoisotopic (exact) mass is 188 g/mol. The Hall–Kier alpha value is -1.37. The van der Waals surface area contributed by atoms with E-state index in [9.17, 15) is 4.39 Å². The van der Waals surface area contributed by atoms with Crippen molar-refractivity contribution in [1.82, 2.24) is 0 Å². The van der Waals surface area contributed by atoms with Crippen molar-refractivity contribution in [1.29, 1.82) is 0 Å². The van der Waals surface area contributed by atoms with Crippen molar-refractivity contribution in [3.05, 3.63) is 47.3 Å². The van der Waals surface area contributed by atoms with Crippen molar-refractivity contribution in [2.45, 2.75) is 20.3 Å². The van der Waals surface area contributed by atoms with E-state index in [1.54, 1.807) is 0 Å². The molecule has 0 heterocycles. The van der Waals surface area contributed by atoms with E-state index in [-0.39, 0.29) is 5.82 Å². The van der Waals surface area contributed by atoms with Crippen LogP contribution in [0.1, 0.15) is 18.1 Å². The Morgan fingerprint density at radius 2 is 1.93 bits per heavy atom. The van der Waals surface area contributed by atoms with Gasteiger partial charge in [0.1, 0.15) is 5.82 Å². The number of fused-ring (bicyclic) bond motifs is 1. The summed E-state index contributed by atoms with van der Waals surface area (Å²) in [5.74, 6) is -0.113. The maximum Gasteiger partial charge on any atom is 0.126 e. The van der Waals surface area contributed by atoms with Crippen LogP contribution in [0.15, 0.2) is 30.3 Å². The van der Waals surface area contributed by atoms with E-state index in [2.05, 4.69) is 13.0 Å². The normalized spacial score (nSPS) is 10.8.